The first-order valence-electron chi connectivity index (χ1n) is 5.66. The van der Waals surface area contributed by atoms with Crippen LogP contribution in [0, 0.1) is 0 Å². The average Bonchev–Trinajstić information content (AvgIpc) is 2.37. The van der Waals surface area contributed by atoms with Crippen LogP contribution in [0.5, 0.6) is 5.75 Å². The Balaban J connectivity index is 2.60. The van der Waals surface area contributed by atoms with E-state index in [1.807, 2.05) is 0 Å². The summed E-state index contributed by atoms with van der Waals surface area (Å²) in [6.45, 7) is -0.202. The molecule has 0 aliphatic carbocycles. The molecule has 1 amide bonds. The van der Waals surface area contributed by atoms with Gasteiger partial charge >= 0.3 is 0 Å². The second-order valence-corrected chi connectivity index (χ2v) is 5.59. The van der Waals surface area contributed by atoms with Crippen molar-refractivity contribution in [3.63, 3.8) is 0 Å². The van der Waals surface area contributed by atoms with Crippen molar-refractivity contribution >= 4 is 21.6 Å². The molecule has 0 saturated heterocycles. The van der Waals surface area contributed by atoms with Gasteiger partial charge in [-0.1, -0.05) is 0 Å². The lowest BCUT2D eigenvalue weighted by Gasteiger charge is -2.09. The van der Waals surface area contributed by atoms with Crippen LogP contribution in [-0.4, -0.2) is 41.2 Å². The lowest BCUT2D eigenvalue weighted by molar-refractivity contribution is -0.122. The Bertz CT molecular complexity index is 573. The molecule has 0 radical (unpaired) electrons. The van der Waals surface area contributed by atoms with Crippen LogP contribution in [-0.2, 0) is 19.6 Å². The Morgan fingerprint density at radius 2 is 2.10 bits per heavy atom. The summed E-state index contributed by atoms with van der Waals surface area (Å²) in [5.74, 6) is -0.218. The molecule has 5 N–H and O–H groups in total. The minimum atomic E-state index is -3.69. The van der Waals surface area contributed by atoms with E-state index in [-0.39, 0.29) is 30.3 Å². The standard InChI is InChI=1S/C11H17N3O5S/c1-18-10-3-2-8(6-9(10)12)20(16,17)14-4-5-19-7-11(13)15/h2-3,6,14H,4-5,7,12H2,1H3,(H2,13,15). The number of amides is 1. The van der Waals surface area contributed by atoms with Gasteiger partial charge in [0.25, 0.3) is 0 Å². The van der Waals surface area contributed by atoms with Crippen LogP contribution in [0.3, 0.4) is 0 Å². The fourth-order valence-electron chi connectivity index (χ4n) is 1.38. The van der Waals surface area contributed by atoms with Gasteiger partial charge < -0.3 is 20.9 Å². The summed E-state index contributed by atoms with van der Waals surface area (Å²) in [5, 5.41) is 0. The number of nitrogen functional groups attached to an aromatic ring is 1. The molecule has 0 heterocycles. The second kappa shape index (κ2) is 7.08. The van der Waals surface area contributed by atoms with Crippen LogP contribution in [0.15, 0.2) is 23.1 Å². The second-order valence-electron chi connectivity index (χ2n) is 3.82. The van der Waals surface area contributed by atoms with E-state index in [1.54, 1.807) is 0 Å². The molecule has 0 fully saturated rings. The first-order chi connectivity index (χ1) is 9.36. The number of rotatable bonds is 8. The number of primary amides is 1. The highest BCUT2D eigenvalue weighted by molar-refractivity contribution is 7.89. The molecule has 0 aromatic heterocycles. The maximum atomic E-state index is 11.9. The minimum Gasteiger partial charge on any atom is -0.495 e. The number of nitrogens with two attached hydrogens (primary N) is 2. The Kier molecular flexibility index (Phi) is 5.74. The molecule has 0 unspecified atom stereocenters. The number of benzene rings is 1. The van der Waals surface area contributed by atoms with Crippen molar-refractivity contribution in [3.8, 4) is 5.75 Å². The molecular weight excluding hydrogens is 286 g/mol. The number of ether oxygens (including phenoxy) is 2. The summed E-state index contributed by atoms with van der Waals surface area (Å²) in [6, 6.07) is 4.14. The largest absolute Gasteiger partial charge is 0.495 e. The van der Waals surface area contributed by atoms with Crippen molar-refractivity contribution in [1.29, 1.82) is 0 Å². The average molecular weight is 303 g/mol. The summed E-state index contributed by atoms with van der Waals surface area (Å²) in [4.78, 5) is 10.4. The monoisotopic (exact) mass is 303 g/mol. The predicted molar refractivity (Wildman–Crippen MR) is 72.6 cm³/mol. The number of carbonyl (C=O) groups excluding carboxylic acids is 1. The minimum absolute atomic E-state index is 0.0154. The smallest absolute Gasteiger partial charge is 0.243 e. The summed E-state index contributed by atoms with van der Waals surface area (Å²) >= 11 is 0. The van der Waals surface area contributed by atoms with E-state index in [1.165, 1.54) is 25.3 Å². The van der Waals surface area contributed by atoms with Crippen molar-refractivity contribution in [2.75, 3.05) is 32.6 Å². The van der Waals surface area contributed by atoms with Gasteiger partial charge in [-0.25, -0.2) is 13.1 Å². The third-order valence-electron chi connectivity index (χ3n) is 2.29. The van der Waals surface area contributed by atoms with Crippen molar-refractivity contribution < 1.29 is 22.7 Å². The highest BCUT2D eigenvalue weighted by Crippen LogP contribution is 2.24. The third kappa shape index (κ3) is 4.68. The number of sulfonamides is 1. The maximum Gasteiger partial charge on any atom is 0.243 e. The van der Waals surface area contributed by atoms with Gasteiger partial charge in [-0.15, -0.1) is 0 Å². The van der Waals surface area contributed by atoms with Gasteiger partial charge in [0.2, 0.25) is 15.9 Å². The molecule has 1 rings (SSSR count). The Morgan fingerprint density at radius 1 is 1.40 bits per heavy atom. The number of nitrogens with one attached hydrogen (secondary N) is 1. The van der Waals surface area contributed by atoms with Crippen LogP contribution in [0.2, 0.25) is 0 Å². The van der Waals surface area contributed by atoms with E-state index in [0.29, 0.717) is 5.75 Å². The van der Waals surface area contributed by atoms with Gasteiger partial charge in [0.05, 0.1) is 24.3 Å². The lowest BCUT2D eigenvalue weighted by Crippen LogP contribution is -2.29. The summed E-state index contributed by atoms with van der Waals surface area (Å²) in [7, 11) is -2.25. The van der Waals surface area contributed by atoms with E-state index < -0.39 is 15.9 Å². The molecule has 0 aliphatic rings. The lowest BCUT2D eigenvalue weighted by atomic mass is 10.3. The van der Waals surface area contributed by atoms with Crippen molar-refractivity contribution in [2.45, 2.75) is 4.90 Å². The first kappa shape index (κ1) is 16.2. The van der Waals surface area contributed by atoms with Gasteiger partial charge in [0.1, 0.15) is 12.4 Å². The SMILES string of the molecule is COc1ccc(S(=O)(=O)NCCOCC(N)=O)cc1N. The van der Waals surface area contributed by atoms with Gasteiger partial charge in [-0.05, 0) is 18.2 Å². The fraction of sp³-hybridized carbons (Fsp3) is 0.364. The fourth-order valence-corrected chi connectivity index (χ4v) is 2.43. The zero-order valence-electron chi connectivity index (χ0n) is 11.0. The molecule has 0 bridgehead atoms. The molecule has 1 aromatic carbocycles. The van der Waals surface area contributed by atoms with Crippen LogP contribution in [0.4, 0.5) is 5.69 Å². The summed E-state index contributed by atoms with van der Waals surface area (Å²) in [5.41, 5.74) is 10.7. The van der Waals surface area contributed by atoms with Gasteiger partial charge in [0.15, 0.2) is 0 Å². The molecule has 0 atom stereocenters. The topological polar surface area (TPSA) is 134 Å². The predicted octanol–water partition coefficient (Wildman–Crippen LogP) is -0.942. The number of hydrogen-bond acceptors (Lipinski definition) is 6. The maximum absolute atomic E-state index is 11.9. The van der Waals surface area contributed by atoms with Crippen molar-refractivity contribution in [3.05, 3.63) is 18.2 Å². The summed E-state index contributed by atoms with van der Waals surface area (Å²) in [6.07, 6.45) is 0. The molecule has 8 nitrogen and oxygen atoms in total. The molecular formula is C11H17N3O5S. The van der Waals surface area contributed by atoms with Crippen LogP contribution in [0.25, 0.3) is 0 Å². The van der Waals surface area contributed by atoms with E-state index in [9.17, 15) is 13.2 Å². The van der Waals surface area contributed by atoms with Crippen LogP contribution < -0.4 is 20.9 Å². The van der Waals surface area contributed by atoms with Crippen LogP contribution in [0.1, 0.15) is 0 Å². The number of methoxy groups -OCH3 is 1. The van der Waals surface area contributed by atoms with Crippen molar-refractivity contribution in [1.82, 2.24) is 4.72 Å². The van der Waals surface area contributed by atoms with E-state index in [0.717, 1.165) is 0 Å². The molecule has 9 heteroatoms. The molecule has 112 valence electrons. The van der Waals surface area contributed by atoms with Crippen molar-refractivity contribution in [2.24, 2.45) is 5.73 Å². The van der Waals surface area contributed by atoms with Gasteiger partial charge in [0, 0.05) is 6.54 Å². The molecule has 1 aromatic rings. The Labute approximate surface area is 117 Å². The zero-order chi connectivity index (χ0) is 15.2. The quantitative estimate of drug-likeness (QED) is 0.419. The first-order valence-corrected chi connectivity index (χ1v) is 7.14. The highest BCUT2D eigenvalue weighted by Gasteiger charge is 2.15. The number of hydrogen-bond donors (Lipinski definition) is 3. The number of carbonyl (C=O) groups is 1. The van der Waals surface area contributed by atoms with Gasteiger partial charge in [-0.2, -0.15) is 0 Å². The molecule has 0 saturated carbocycles. The van der Waals surface area contributed by atoms with E-state index >= 15 is 0 Å². The highest BCUT2D eigenvalue weighted by atomic mass is 32.2. The van der Waals surface area contributed by atoms with Crippen LogP contribution >= 0.6 is 0 Å². The van der Waals surface area contributed by atoms with E-state index in [2.05, 4.69) is 4.72 Å². The summed E-state index contributed by atoms with van der Waals surface area (Å²) < 4.78 is 35.9. The van der Waals surface area contributed by atoms with Gasteiger partial charge in [-0.3, -0.25) is 4.79 Å². The Hall–Kier alpha value is -1.84. The molecule has 20 heavy (non-hydrogen) atoms. The Morgan fingerprint density at radius 3 is 2.65 bits per heavy atom. The third-order valence-corrected chi connectivity index (χ3v) is 3.75. The molecule has 0 spiro atoms. The molecule has 0 aliphatic heterocycles. The van der Waals surface area contributed by atoms with E-state index in [4.69, 9.17) is 20.9 Å². The number of anilines is 1. The zero-order valence-corrected chi connectivity index (χ0v) is 11.8. The normalized spacial score (nSPS) is 11.2.